The van der Waals surface area contributed by atoms with Gasteiger partial charge in [-0.3, -0.25) is 4.79 Å². The van der Waals surface area contributed by atoms with Gasteiger partial charge < -0.3 is 0 Å². The normalized spacial score (nSPS) is 38.4. The molecule has 2 unspecified atom stereocenters. The predicted molar refractivity (Wildman–Crippen MR) is 52.5 cm³/mol. The summed E-state index contributed by atoms with van der Waals surface area (Å²) in [5, 5.41) is 0.687. The molecule has 70 valence electrons. The van der Waals surface area contributed by atoms with Crippen LogP contribution in [0.25, 0.3) is 0 Å². The van der Waals surface area contributed by atoms with Crippen LogP contribution < -0.4 is 0 Å². The van der Waals surface area contributed by atoms with Crippen molar-refractivity contribution in [1.82, 2.24) is 0 Å². The van der Waals surface area contributed by atoms with Crippen LogP contribution in [0.4, 0.5) is 4.39 Å². The lowest BCUT2D eigenvalue weighted by Gasteiger charge is -2.12. The third kappa shape index (κ3) is 1.48. The van der Waals surface area contributed by atoms with Crippen LogP contribution in [-0.4, -0.2) is 10.4 Å². The van der Waals surface area contributed by atoms with Crippen LogP contribution in [0.15, 0.2) is 22.8 Å². The smallest absolute Gasteiger partial charge is 0.227 e. The Labute approximate surface area is 88.8 Å². The molecule has 13 heavy (non-hydrogen) atoms. The molecule has 0 amide bonds. The lowest BCUT2D eigenvalue weighted by atomic mass is 9.94. The molecule has 0 spiro atoms. The number of carbonyl (C=O) groups excluding carboxylic acids is 1. The highest BCUT2D eigenvalue weighted by Gasteiger charge is 2.49. The molecule has 0 aliphatic heterocycles. The highest BCUT2D eigenvalue weighted by atomic mass is 79.9. The SMILES string of the molecule is O=C1C2=CC=C(Cl)CC2CC1(F)Br. The molecule has 0 aromatic rings. The Kier molecular flexibility index (Phi) is 2.11. The average Bonchev–Trinajstić information content (AvgIpc) is 2.22. The molecule has 4 heteroatoms. The van der Waals surface area contributed by atoms with Gasteiger partial charge in [-0.05, 0) is 34.3 Å². The second-order valence-electron chi connectivity index (χ2n) is 3.37. The van der Waals surface area contributed by atoms with Crippen molar-refractivity contribution >= 4 is 33.3 Å². The fourth-order valence-electron chi connectivity index (χ4n) is 1.79. The van der Waals surface area contributed by atoms with Gasteiger partial charge in [0, 0.05) is 17.0 Å². The number of rotatable bonds is 0. The number of fused-ring (bicyclic) bond motifs is 1. The molecule has 1 saturated carbocycles. The van der Waals surface area contributed by atoms with Crippen molar-refractivity contribution in [3.05, 3.63) is 22.8 Å². The van der Waals surface area contributed by atoms with E-state index in [1.165, 1.54) is 0 Å². The topological polar surface area (TPSA) is 17.1 Å². The molecule has 2 aliphatic carbocycles. The number of ketones is 1. The maximum absolute atomic E-state index is 13.5. The molecule has 0 aromatic carbocycles. The zero-order valence-electron chi connectivity index (χ0n) is 6.69. The predicted octanol–water partition coefficient (Wildman–Crippen LogP) is 3.09. The zero-order chi connectivity index (χ0) is 9.64. The van der Waals surface area contributed by atoms with E-state index >= 15 is 0 Å². The molecule has 0 saturated heterocycles. The van der Waals surface area contributed by atoms with Gasteiger partial charge in [0.2, 0.25) is 10.4 Å². The first-order valence-electron chi connectivity index (χ1n) is 3.99. The van der Waals surface area contributed by atoms with Gasteiger partial charge >= 0.3 is 0 Å². The van der Waals surface area contributed by atoms with Crippen LogP contribution in [0.5, 0.6) is 0 Å². The fourth-order valence-corrected chi connectivity index (χ4v) is 2.66. The summed E-state index contributed by atoms with van der Waals surface area (Å²) in [6.45, 7) is 0. The largest absolute Gasteiger partial charge is 0.290 e. The Bertz CT molecular complexity index is 333. The first-order chi connectivity index (χ1) is 6.00. The Hall–Kier alpha value is -0.150. The van der Waals surface area contributed by atoms with E-state index in [2.05, 4.69) is 15.9 Å². The van der Waals surface area contributed by atoms with E-state index in [1.54, 1.807) is 12.2 Å². The third-order valence-electron chi connectivity index (χ3n) is 2.42. The summed E-state index contributed by atoms with van der Waals surface area (Å²) in [6.07, 6.45) is 4.07. The van der Waals surface area contributed by atoms with E-state index < -0.39 is 10.4 Å². The number of hydrogen-bond acceptors (Lipinski definition) is 1. The van der Waals surface area contributed by atoms with Crippen molar-refractivity contribution in [3.8, 4) is 0 Å². The highest BCUT2D eigenvalue weighted by molar-refractivity contribution is 9.10. The summed E-state index contributed by atoms with van der Waals surface area (Å²) < 4.78 is 11.6. The molecule has 1 nitrogen and oxygen atoms in total. The second kappa shape index (κ2) is 2.92. The minimum absolute atomic E-state index is 0.0469. The minimum Gasteiger partial charge on any atom is -0.290 e. The monoisotopic (exact) mass is 264 g/mol. The summed E-state index contributed by atoms with van der Waals surface area (Å²) in [6, 6.07) is 0. The number of hydrogen-bond donors (Lipinski definition) is 0. The number of alkyl halides is 2. The Balaban J connectivity index is 2.36. The summed E-state index contributed by atoms with van der Waals surface area (Å²) >= 11 is 8.59. The summed E-state index contributed by atoms with van der Waals surface area (Å²) in [5.41, 5.74) is 0.559. The van der Waals surface area contributed by atoms with Crippen molar-refractivity contribution in [2.45, 2.75) is 17.4 Å². The van der Waals surface area contributed by atoms with Gasteiger partial charge in [0.05, 0.1) is 0 Å². The van der Waals surface area contributed by atoms with Crippen molar-refractivity contribution in [2.24, 2.45) is 5.92 Å². The molecule has 2 atom stereocenters. The zero-order valence-corrected chi connectivity index (χ0v) is 9.03. The maximum Gasteiger partial charge on any atom is 0.227 e. The lowest BCUT2D eigenvalue weighted by Crippen LogP contribution is -2.19. The van der Waals surface area contributed by atoms with E-state index in [-0.39, 0.29) is 12.3 Å². The molecule has 2 aliphatic rings. The van der Waals surface area contributed by atoms with Gasteiger partial charge in [0.1, 0.15) is 0 Å². The molecule has 0 N–H and O–H groups in total. The fraction of sp³-hybridized carbons (Fsp3) is 0.444. The van der Waals surface area contributed by atoms with Gasteiger partial charge in [-0.1, -0.05) is 17.7 Å². The van der Waals surface area contributed by atoms with Crippen molar-refractivity contribution < 1.29 is 9.18 Å². The average molecular weight is 266 g/mol. The van der Waals surface area contributed by atoms with E-state index in [9.17, 15) is 9.18 Å². The van der Waals surface area contributed by atoms with E-state index in [0.717, 1.165) is 0 Å². The summed E-state index contributed by atoms with van der Waals surface area (Å²) in [7, 11) is 0. The Morgan fingerprint density at radius 3 is 3.00 bits per heavy atom. The van der Waals surface area contributed by atoms with Crippen LogP contribution in [0.1, 0.15) is 12.8 Å². The number of allylic oxidation sites excluding steroid dienone is 4. The van der Waals surface area contributed by atoms with Gasteiger partial charge in [-0.25, -0.2) is 4.39 Å². The Morgan fingerprint density at radius 2 is 2.31 bits per heavy atom. The number of halogens is 3. The second-order valence-corrected chi connectivity index (χ2v) is 5.12. The molecule has 0 heterocycles. The van der Waals surface area contributed by atoms with Gasteiger partial charge in [0.15, 0.2) is 0 Å². The summed E-state index contributed by atoms with van der Waals surface area (Å²) in [4.78, 5) is 11.4. The standard InChI is InChI=1S/C9H7BrClFO/c10-9(12)4-5-3-6(11)1-2-7(5)8(9)13/h1-2,5H,3-4H2. The first-order valence-corrected chi connectivity index (χ1v) is 5.16. The van der Waals surface area contributed by atoms with Crippen molar-refractivity contribution in [2.75, 3.05) is 0 Å². The van der Waals surface area contributed by atoms with Crippen LogP contribution in [0.3, 0.4) is 0 Å². The number of carbonyl (C=O) groups is 1. The Morgan fingerprint density at radius 1 is 1.62 bits per heavy atom. The van der Waals surface area contributed by atoms with Gasteiger partial charge in [-0.2, -0.15) is 0 Å². The van der Waals surface area contributed by atoms with E-state index in [1.807, 2.05) is 0 Å². The molecule has 0 radical (unpaired) electrons. The summed E-state index contributed by atoms with van der Waals surface area (Å²) in [5.74, 6) is -0.493. The molecule has 0 bridgehead atoms. The van der Waals surface area contributed by atoms with Gasteiger partial charge in [-0.15, -0.1) is 0 Å². The third-order valence-corrected chi connectivity index (χ3v) is 3.39. The quantitative estimate of drug-likeness (QED) is 0.615. The van der Waals surface area contributed by atoms with Crippen LogP contribution in [0.2, 0.25) is 0 Å². The molecule has 1 fully saturated rings. The van der Waals surface area contributed by atoms with Crippen LogP contribution in [0, 0.1) is 5.92 Å². The van der Waals surface area contributed by atoms with Gasteiger partial charge in [0.25, 0.3) is 0 Å². The van der Waals surface area contributed by atoms with E-state index in [4.69, 9.17) is 11.6 Å². The van der Waals surface area contributed by atoms with Crippen LogP contribution in [-0.2, 0) is 4.79 Å². The van der Waals surface area contributed by atoms with Crippen molar-refractivity contribution in [1.29, 1.82) is 0 Å². The van der Waals surface area contributed by atoms with Crippen LogP contribution >= 0.6 is 27.5 Å². The molecular formula is C9H7BrClFO. The first kappa shape index (κ1) is 9.41. The molecule has 0 aromatic heterocycles. The number of Topliss-reactive ketones (excluding diaryl/α,β-unsaturated/α-hetero) is 1. The van der Waals surface area contributed by atoms with E-state index in [0.29, 0.717) is 17.0 Å². The highest BCUT2D eigenvalue weighted by Crippen LogP contribution is 2.47. The van der Waals surface area contributed by atoms with Crippen molar-refractivity contribution in [3.63, 3.8) is 0 Å². The minimum atomic E-state index is -1.86. The maximum atomic E-state index is 13.5. The molecule has 2 rings (SSSR count). The molecular weight excluding hydrogens is 258 g/mol. The lowest BCUT2D eigenvalue weighted by molar-refractivity contribution is -0.119.